The van der Waals surface area contributed by atoms with Gasteiger partial charge in [-0.25, -0.2) is 0 Å². The molecule has 2 aromatic carbocycles. The van der Waals surface area contributed by atoms with Crippen molar-refractivity contribution in [2.45, 2.75) is 6.92 Å². The number of aromatic hydroxyl groups is 1. The normalized spacial score (nSPS) is 10.8. The molecule has 0 unspecified atom stereocenters. The Morgan fingerprint density at radius 2 is 2.00 bits per heavy atom. The summed E-state index contributed by atoms with van der Waals surface area (Å²) in [5.41, 5.74) is 2.17. The number of methoxy groups -OCH3 is 1. The van der Waals surface area contributed by atoms with Crippen LogP contribution in [0.15, 0.2) is 46.4 Å². The van der Waals surface area contributed by atoms with Crippen molar-refractivity contribution in [3.05, 3.63) is 57.6 Å². The molecule has 0 heterocycles. The fourth-order valence-corrected chi connectivity index (χ4v) is 2.44. The number of anilines is 1. The first-order valence-electron chi connectivity index (χ1n) is 7.01. The summed E-state index contributed by atoms with van der Waals surface area (Å²) in [7, 11) is 1.42. The zero-order chi connectivity index (χ0) is 17.7. The van der Waals surface area contributed by atoms with E-state index in [0.29, 0.717) is 15.7 Å². The molecule has 2 N–H and O–H groups in total. The zero-order valence-electron chi connectivity index (χ0n) is 13.1. The van der Waals surface area contributed by atoms with Crippen molar-refractivity contribution in [1.29, 1.82) is 5.26 Å². The van der Waals surface area contributed by atoms with Gasteiger partial charge in [-0.3, -0.25) is 4.79 Å². The lowest BCUT2D eigenvalue weighted by Crippen LogP contribution is -2.13. The molecule has 0 aliphatic carbocycles. The second-order valence-electron chi connectivity index (χ2n) is 5.04. The average molecular weight is 387 g/mol. The first-order chi connectivity index (χ1) is 11.4. The van der Waals surface area contributed by atoms with E-state index in [1.165, 1.54) is 19.3 Å². The Bertz CT molecular complexity index is 837. The maximum Gasteiger partial charge on any atom is 0.266 e. The van der Waals surface area contributed by atoms with Crippen molar-refractivity contribution in [2.75, 3.05) is 12.4 Å². The maximum atomic E-state index is 12.2. The van der Waals surface area contributed by atoms with Gasteiger partial charge in [0.05, 0.1) is 11.6 Å². The Kier molecular flexibility index (Phi) is 5.61. The minimum atomic E-state index is -0.510. The molecule has 0 radical (unpaired) electrons. The van der Waals surface area contributed by atoms with Crippen molar-refractivity contribution in [2.24, 2.45) is 0 Å². The Hall–Kier alpha value is -2.78. The molecule has 0 aromatic heterocycles. The van der Waals surface area contributed by atoms with Crippen LogP contribution in [0.4, 0.5) is 5.69 Å². The van der Waals surface area contributed by atoms with E-state index in [0.717, 1.165) is 5.56 Å². The van der Waals surface area contributed by atoms with Crippen LogP contribution in [-0.2, 0) is 4.79 Å². The van der Waals surface area contributed by atoms with Crippen molar-refractivity contribution < 1.29 is 14.6 Å². The highest BCUT2D eigenvalue weighted by Crippen LogP contribution is 2.35. The number of nitriles is 1. The Labute approximate surface area is 148 Å². The summed E-state index contributed by atoms with van der Waals surface area (Å²) in [6, 6.07) is 12.3. The van der Waals surface area contributed by atoms with Crippen LogP contribution in [0.2, 0.25) is 0 Å². The Balaban J connectivity index is 2.29. The van der Waals surface area contributed by atoms with Gasteiger partial charge in [0.15, 0.2) is 11.5 Å². The van der Waals surface area contributed by atoms with E-state index < -0.39 is 5.91 Å². The fourth-order valence-electron chi connectivity index (χ4n) is 1.98. The van der Waals surface area contributed by atoms with E-state index in [1.54, 1.807) is 18.2 Å². The van der Waals surface area contributed by atoms with E-state index in [9.17, 15) is 15.2 Å². The van der Waals surface area contributed by atoms with Crippen LogP contribution in [0, 0.1) is 18.3 Å². The number of halogens is 1. The standard InChI is InChI=1S/C18H15BrN2O3/c1-11-3-5-14(6-4-11)21-18(23)13(10-20)7-12-8-15(19)17(22)16(9-12)24-2/h3-9,22H,1-2H3,(H,21,23). The largest absolute Gasteiger partial charge is 0.503 e. The molecule has 1 amide bonds. The smallest absolute Gasteiger partial charge is 0.266 e. The minimum Gasteiger partial charge on any atom is -0.503 e. The van der Waals surface area contributed by atoms with Gasteiger partial charge in [-0.1, -0.05) is 17.7 Å². The second-order valence-corrected chi connectivity index (χ2v) is 5.90. The molecule has 2 rings (SSSR count). The van der Waals surface area contributed by atoms with Gasteiger partial charge in [0, 0.05) is 5.69 Å². The third-order valence-electron chi connectivity index (χ3n) is 3.26. The molecule has 122 valence electrons. The summed E-state index contributed by atoms with van der Waals surface area (Å²) in [4.78, 5) is 12.2. The number of phenols is 1. The molecule has 0 aliphatic heterocycles. The predicted octanol–water partition coefficient (Wildman–Crippen LogP) is 4.02. The number of hydrogen-bond donors (Lipinski definition) is 2. The van der Waals surface area contributed by atoms with E-state index in [4.69, 9.17) is 4.74 Å². The molecule has 0 spiro atoms. The first kappa shape index (κ1) is 17.6. The maximum absolute atomic E-state index is 12.2. The lowest BCUT2D eigenvalue weighted by molar-refractivity contribution is -0.112. The summed E-state index contributed by atoms with van der Waals surface area (Å²) < 4.78 is 5.46. The molecule has 0 bridgehead atoms. The highest BCUT2D eigenvalue weighted by Gasteiger charge is 2.12. The SMILES string of the molecule is COc1cc(C=C(C#N)C(=O)Nc2ccc(C)cc2)cc(Br)c1O. The minimum absolute atomic E-state index is 0.0442. The second kappa shape index (κ2) is 7.66. The number of rotatable bonds is 4. The number of nitrogens with zero attached hydrogens (tertiary/aromatic N) is 1. The van der Waals surface area contributed by atoms with Gasteiger partial charge in [-0.05, 0) is 58.8 Å². The summed E-state index contributed by atoms with van der Waals surface area (Å²) in [6.07, 6.45) is 1.43. The summed E-state index contributed by atoms with van der Waals surface area (Å²) in [6.45, 7) is 1.95. The van der Waals surface area contributed by atoms with E-state index in [-0.39, 0.29) is 17.1 Å². The van der Waals surface area contributed by atoms with Crippen LogP contribution < -0.4 is 10.1 Å². The Morgan fingerprint density at radius 1 is 1.33 bits per heavy atom. The number of nitrogens with one attached hydrogen (secondary N) is 1. The van der Waals surface area contributed by atoms with Crippen LogP contribution in [0.5, 0.6) is 11.5 Å². The molecule has 24 heavy (non-hydrogen) atoms. The number of amides is 1. The number of ether oxygens (including phenoxy) is 1. The number of benzene rings is 2. The molecule has 0 saturated carbocycles. The van der Waals surface area contributed by atoms with Crippen LogP contribution in [0.25, 0.3) is 6.08 Å². The first-order valence-corrected chi connectivity index (χ1v) is 7.80. The van der Waals surface area contributed by atoms with Crippen molar-refractivity contribution in [3.8, 4) is 17.6 Å². The lowest BCUT2D eigenvalue weighted by atomic mass is 10.1. The van der Waals surface area contributed by atoms with Crippen LogP contribution in [0.3, 0.4) is 0 Å². The summed E-state index contributed by atoms with van der Waals surface area (Å²) >= 11 is 3.20. The topological polar surface area (TPSA) is 82.3 Å². The lowest BCUT2D eigenvalue weighted by Gasteiger charge is -2.08. The van der Waals surface area contributed by atoms with Gasteiger partial charge >= 0.3 is 0 Å². The molecule has 0 aliphatic rings. The van der Waals surface area contributed by atoms with Gasteiger partial charge in [-0.15, -0.1) is 0 Å². The number of carbonyl (C=O) groups is 1. The molecule has 0 fully saturated rings. The van der Waals surface area contributed by atoms with Gasteiger partial charge in [-0.2, -0.15) is 5.26 Å². The predicted molar refractivity (Wildman–Crippen MR) is 95.8 cm³/mol. The third kappa shape index (κ3) is 4.15. The van der Waals surface area contributed by atoms with Gasteiger partial charge < -0.3 is 15.2 Å². The van der Waals surface area contributed by atoms with E-state index >= 15 is 0 Å². The quantitative estimate of drug-likeness (QED) is 0.613. The molecule has 5 nitrogen and oxygen atoms in total. The fraction of sp³-hybridized carbons (Fsp3) is 0.111. The summed E-state index contributed by atoms with van der Waals surface area (Å²) in [5, 5.41) is 21.7. The number of phenolic OH excluding ortho intramolecular Hbond substituents is 1. The Morgan fingerprint density at radius 3 is 2.58 bits per heavy atom. The average Bonchev–Trinajstić information content (AvgIpc) is 2.57. The number of aryl methyl sites for hydroxylation is 1. The van der Waals surface area contributed by atoms with Gasteiger partial charge in [0.25, 0.3) is 5.91 Å². The van der Waals surface area contributed by atoms with Crippen LogP contribution in [-0.4, -0.2) is 18.1 Å². The third-order valence-corrected chi connectivity index (χ3v) is 3.86. The van der Waals surface area contributed by atoms with Crippen molar-refractivity contribution in [3.63, 3.8) is 0 Å². The van der Waals surface area contributed by atoms with Gasteiger partial charge in [0.2, 0.25) is 0 Å². The van der Waals surface area contributed by atoms with Crippen molar-refractivity contribution in [1.82, 2.24) is 0 Å². The van der Waals surface area contributed by atoms with Crippen LogP contribution in [0.1, 0.15) is 11.1 Å². The molecule has 0 atom stereocenters. The van der Waals surface area contributed by atoms with Gasteiger partial charge in [0.1, 0.15) is 11.6 Å². The molecular weight excluding hydrogens is 372 g/mol. The molecular formula is C18H15BrN2O3. The van der Waals surface area contributed by atoms with E-state index in [1.807, 2.05) is 25.1 Å². The summed E-state index contributed by atoms with van der Waals surface area (Å²) in [5.74, 6) is -0.311. The zero-order valence-corrected chi connectivity index (χ0v) is 14.7. The monoisotopic (exact) mass is 386 g/mol. The van der Waals surface area contributed by atoms with Crippen LogP contribution >= 0.6 is 15.9 Å². The molecule has 0 saturated heterocycles. The highest BCUT2D eigenvalue weighted by molar-refractivity contribution is 9.10. The molecule has 2 aromatic rings. The highest BCUT2D eigenvalue weighted by atomic mass is 79.9. The molecule has 6 heteroatoms. The number of hydrogen-bond acceptors (Lipinski definition) is 4. The van der Waals surface area contributed by atoms with Crippen molar-refractivity contribution >= 4 is 33.6 Å². The van der Waals surface area contributed by atoms with E-state index in [2.05, 4.69) is 21.2 Å². The number of carbonyl (C=O) groups excluding carboxylic acids is 1.